The predicted octanol–water partition coefficient (Wildman–Crippen LogP) is 4.32. The second kappa shape index (κ2) is 7.81. The van der Waals surface area contributed by atoms with Gasteiger partial charge in [-0.2, -0.15) is 18.4 Å². The van der Waals surface area contributed by atoms with Gasteiger partial charge in [-0.1, -0.05) is 28.1 Å². The number of benzene rings is 1. The second-order valence-corrected chi connectivity index (χ2v) is 5.59. The molecule has 2 rings (SSSR count). The number of nitrogens with zero attached hydrogens (tertiary/aromatic N) is 2. The van der Waals surface area contributed by atoms with E-state index in [-0.39, 0.29) is 0 Å². The SMILES string of the molecule is N#C/C(=C/Nc1cc(Br)ccn1)C(=O)Nc1ccccc1C(F)(F)F. The maximum atomic E-state index is 12.9. The lowest BCUT2D eigenvalue weighted by Gasteiger charge is -2.13. The third-order valence-corrected chi connectivity index (χ3v) is 3.43. The number of amides is 1. The van der Waals surface area contributed by atoms with Crippen LogP contribution in [0.5, 0.6) is 0 Å². The first-order valence-corrected chi connectivity index (χ1v) is 7.56. The summed E-state index contributed by atoms with van der Waals surface area (Å²) in [4.78, 5) is 16.0. The molecule has 1 heterocycles. The van der Waals surface area contributed by atoms with Gasteiger partial charge in [0.1, 0.15) is 17.5 Å². The summed E-state index contributed by atoms with van der Waals surface area (Å²) in [5.74, 6) is -0.618. The Labute approximate surface area is 149 Å². The van der Waals surface area contributed by atoms with Crippen LogP contribution in [-0.2, 0) is 11.0 Å². The summed E-state index contributed by atoms with van der Waals surface area (Å²) >= 11 is 3.23. The van der Waals surface area contributed by atoms with E-state index in [1.54, 1.807) is 18.2 Å². The molecule has 0 bridgehead atoms. The number of para-hydroxylation sites is 1. The molecule has 0 aliphatic rings. The van der Waals surface area contributed by atoms with Crippen LogP contribution in [0.2, 0.25) is 0 Å². The van der Waals surface area contributed by atoms with E-state index in [2.05, 4.69) is 31.5 Å². The number of hydrogen-bond acceptors (Lipinski definition) is 4. The molecule has 0 saturated heterocycles. The molecule has 9 heteroatoms. The van der Waals surface area contributed by atoms with Crippen LogP contribution >= 0.6 is 15.9 Å². The van der Waals surface area contributed by atoms with Gasteiger partial charge < -0.3 is 10.6 Å². The van der Waals surface area contributed by atoms with Crippen LogP contribution in [0.1, 0.15) is 5.56 Å². The summed E-state index contributed by atoms with van der Waals surface area (Å²) in [6, 6.07) is 9.42. The standard InChI is InChI=1S/C16H10BrF3N4O/c17-11-5-6-22-14(7-11)23-9-10(8-21)15(25)24-13-4-2-1-3-12(13)16(18,19)20/h1-7,9H,(H,22,23)(H,24,25)/b10-9-. The van der Waals surface area contributed by atoms with E-state index in [0.29, 0.717) is 5.82 Å². The maximum Gasteiger partial charge on any atom is 0.418 e. The molecule has 25 heavy (non-hydrogen) atoms. The number of nitriles is 1. The zero-order valence-electron chi connectivity index (χ0n) is 12.4. The van der Waals surface area contributed by atoms with Gasteiger partial charge in [-0.3, -0.25) is 4.79 Å². The lowest BCUT2D eigenvalue weighted by molar-refractivity contribution is -0.137. The van der Waals surface area contributed by atoms with Crippen molar-refractivity contribution in [3.05, 3.63) is 64.4 Å². The monoisotopic (exact) mass is 410 g/mol. The Hall–Kier alpha value is -2.86. The molecule has 5 nitrogen and oxygen atoms in total. The number of anilines is 2. The Morgan fingerprint density at radius 3 is 2.64 bits per heavy atom. The predicted molar refractivity (Wildman–Crippen MR) is 89.3 cm³/mol. The maximum absolute atomic E-state index is 12.9. The minimum Gasteiger partial charge on any atom is -0.345 e. The van der Waals surface area contributed by atoms with Crippen LogP contribution < -0.4 is 10.6 Å². The fraction of sp³-hybridized carbons (Fsp3) is 0.0625. The average Bonchev–Trinajstić information content (AvgIpc) is 2.55. The van der Waals surface area contributed by atoms with E-state index in [0.717, 1.165) is 22.8 Å². The molecule has 0 radical (unpaired) electrons. The highest BCUT2D eigenvalue weighted by molar-refractivity contribution is 9.10. The number of aromatic nitrogens is 1. The zero-order valence-corrected chi connectivity index (χ0v) is 14.0. The molecule has 1 amide bonds. The Bertz CT molecular complexity index is 859. The Morgan fingerprint density at radius 2 is 2.00 bits per heavy atom. The van der Waals surface area contributed by atoms with Crippen molar-refractivity contribution < 1.29 is 18.0 Å². The van der Waals surface area contributed by atoms with Gasteiger partial charge >= 0.3 is 6.18 Å². The molecule has 0 fully saturated rings. The molecule has 1 aromatic heterocycles. The van der Waals surface area contributed by atoms with Crippen molar-refractivity contribution in [1.29, 1.82) is 5.26 Å². The molecule has 0 saturated carbocycles. The topological polar surface area (TPSA) is 77.8 Å². The molecule has 2 aromatic rings. The van der Waals surface area contributed by atoms with Crippen LogP contribution in [0.25, 0.3) is 0 Å². The lowest BCUT2D eigenvalue weighted by atomic mass is 10.1. The number of nitrogens with one attached hydrogen (secondary N) is 2. The van der Waals surface area contributed by atoms with Crippen molar-refractivity contribution in [2.45, 2.75) is 6.18 Å². The van der Waals surface area contributed by atoms with Gasteiger partial charge in [-0.05, 0) is 24.3 Å². The largest absolute Gasteiger partial charge is 0.418 e. The van der Waals surface area contributed by atoms with Gasteiger partial charge in [-0.25, -0.2) is 4.98 Å². The summed E-state index contributed by atoms with van der Waals surface area (Å²) in [6.45, 7) is 0. The van der Waals surface area contributed by atoms with Crippen molar-refractivity contribution in [2.24, 2.45) is 0 Å². The minimum absolute atomic E-state index is 0.352. The molecular formula is C16H10BrF3N4O. The molecule has 0 aliphatic heterocycles. The molecule has 128 valence electrons. The zero-order chi connectivity index (χ0) is 18.4. The van der Waals surface area contributed by atoms with E-state index in [1.165, 1.54) is 18.3 Å². The van der Waals surface area contributed by atoms with Gasteiger partial charge in [0, 0.05) is 16.9 Å². The first-order chi connectivity index (χ1) is 11.8. The summed E-state index contributed by atoms with van der Waals surface area (Å²) in [6.07, 6.45) is -2.06. The third kappa shape index (κ3) is 5.06. The Morgan fingerprint density at radius 1 is 1.28 bits per heavy atom. The van der Waals surface area contributed by atoms with E-state index >= 15 is 0 Å². The van der Waals surface area contributed by atoms with E-state index in [4.69, 9.17) is 5.26 Å². The van der Waals surface area contributed by atoms with Gasteiger partial charge in [0.2, 0.25) is 0 Å². The van der Waals surface area contributed by atoms with Crippen LogP contribution in [0, 0.1) is 11.3 Å². The van der Waals surface area contributed by atoms with Crippen LogP contribution in [0.3, 0.4) is 0 Å². The van der Waals surface area contributed by atoms with Crippen molar-refractivity contribution in [1.82, 2.24) is 4.98 Å². The first-order valence-electron chi connectivity index (χ1n) is 6.77. The highest BCUT2D eigenvalue weighted by atomic mass is 79.9. The highest BCUT2D eigenvalue weighted by Gasteiger charge is 2.33. The summed E-state index contributed by atoms with van der Waals surface area (Å²) in [7, 11) is 0. The molecule has 0 aliphatic carbocycles. The quantitative estimate of drug-likeness (QED) is 0.581. The second-order valence-electron chi connectivity index (χ2n) is 4.67. The number of rotatable bonds is 4. The molecule has 0 unspecified atom stereocenters. The molecule has 0 spiro atoms. The number of alkyl halides is 3. The number of pyridine rings is 1. The number of carbonyl (C=O) groups excluding carboxylic acids is 1. The minimum atomic E-state index is -4.63. The smallest absolute Gasteiger partial charge is 0.345 e. The van der Waals surface area contributed by atoms with Crippen molar-refractivity contribution in [3.63, 3.8) is 0 Å². The van der Waals surface area contributed by atoms with Gasteiger partial charge in [0.25, 0.3) is 5.91 Å². The van der Waals surface area contributed by atoms with E-state index in [1.807, 2.05) is 0 Å². The summed E-state index contributed by atoms with van der Waals surface area (Å²) in [5.41, 5.74) is -1.83. The third-order valence-electron chi connectivity index (χ3n) is 2.93. The van der Waals surface area contributed by atoms with E-state index in [9.17, 15) is 18.0 Å². The first kappa shape index (κ1) is 18.5. The van der Waals surface area contributed by atoms with Crippen molar-refractivity contribution >= 4 is 33.3 Å². The number of halogens is 4. The molecular weight excluding hydrogens is 401 g/mol. The van der Waals surface area contributed by atoms with Crippen molar-refractivity contribution in [3.8, 4) is 6.07 Å². The fourth-order valence-corrected chi connectivity index (χ4v) is 2.14. The van der Waals surface area contributed by atoms with Gasteiger partial charge in [0.15, 0.2) is 0 Å². The fourth-order valence-electron chi connectivity index (χ4n) is 1.81. The lowest BCUT2D eigenvalue weighted by Crippen LogP contribution is -2.18. The van der Waals surface area contributed by atoms with E-state index < -0.39 is 28.9 Å². The summed E-state index contributed by atoms with van der Waals surface area (Å²) < 4.78 is 39.5. The molecule has 1 aromatic carbocycles. The molecule has 2 N–H and O–H groups in total. The number of hydrogen-bond donors (Lipinski definition) is 2. The summed E-state index contributed by atoms with van der Waals surface area (Å²) in [5, 5.41) is 13.8. The molecule has 0 atom stereocenters. The van der Waals surface area contributed by atoms with Gasteiger partial charge in [0.05, 0.1) is 11.3 Å². The van der Waals surface area contributed by atoms with Crippen LogP contribution in [0.4, 0.5) is 24.7 Å². The van der Waals surface area contributed by atoms with Crippen molar-refractivity contribution in [2.75, 3.05) is 10.6 Å². The average molecular weight is 411 g/mol. The normalized spacial score (nSPS) is 11.6. The highest BCUT2D eigenvalue weighted by Crippen LogP contribution is 2.34. The van der Waals surface area contributed by atoms with Gasteiger partial charge in [-0.15, -0.1) is 0 Å². The van der Waals surface area contributed by atoms with Crippen LogP contribution in [0.15, 0.2) is 58.8 Å². The number of carbonyl (C=O) groups is 1. The Balaban J connectivity index is 2.19. The Kier molecular flexibility index (Phi) is 5.77. The van der Waals surface area contributed by atoms with Crippen LogP contribution in [-0.4, -0.2) is 10.9 Å².